The molecule has 0 amide bonds. The van der Waals surface area contributed by atoms with Crippen molar-refractivity contribution in [1.82, 2.24) is 9.97 Å². The van der Waals surface area contributed by atoms with Gasteiger partial charge in [-0.1, -0.05) is 37.6 Å². The molecule has 0 unspecified atom stereocenters. The fraction of sp³-hybridized carbons (Fsp3) is 0.333. The van der Waals surface area contributed by atoms with Gasteiger partial charge in [0.15, 0.2) is 0 Å². The molecule has 2 rings (SSSR count). The first kappa shape index (κ1) is 15.6. The lowest BCUT2D eigenvalue weighted by Gasteiger charge is -2.10. The van der Waals surface area contributed by atoms with Crippen LogP contribution < -0.4 is 0 Å². The van der Waals surface area contributed by atoms with Crippen molar-refractivity contribution in [3.8, 4) is 0 Å². The minimum atomic E-state index is -0.240. The minimum absolute atomic E-state index is 0.240. The van der Waals surface area contributed by atoms with E-state index in [0.29, 0.717) is 23.3 Å². The van der Waals surface area contributed by atoms with Gasteiger partial charge in [0.2, 0.25) is 0 Å². The summed E-state index contributed by atoms with van der Waals surface area (Å²) in [5.74, 6) is 0.946. The molecule has 0 fully saturated rings. The Balaban J connectivity index is 2.27. The van der Waals surface area contributed by atoms with Crippen molar-refractivity contribution in [2.75, 3.05) is 0 Å². The smallest absolute Gasteiger partial charge is 0.146 e. The molecular formula is C15H15ClFIN2. The maximum Gasteiger partial charge on any atom is 0.146 e. The molecule has 0 saturated heterocycles. The van der Waals surface area contributed by atoms with E-state index in [1.165, 1.54) is 12.1 Å². The number of rotatable bonds is 4. The Bertz CT molecular complexity index is 600. The second-order valence-electron chi connectivity index (χ2n) is 5.09. The highest BCUT2D eigenvalue weighted by Gasteiger charge is 2.12. The zero-order chi connectivity index (χ0) is 14.7. The molecule has 106 valence electrons. The Morgan fingerprint density at radius 1 is 1.20 bits per heavy atom. The molecule has 1 aromatic carbocycles. The van der Waals surface area contributed by atoms with Crippen molar-refractivity contribution in [1.29, 1.82) is 0 Å². The number of hydrogen-bond donors (Lipinski definition) is 0. The summed E-state index contributed by atoms with van der Waals surface area (Å²) in [4.78, 5) is 8.91. The highest BCUT2D eigenvalue weighted by Crippen LogP contribution is 2.22. The summed E-state index contributed by atoms with van der Waals surface area (Å²) in [5, 5.41) is 0.494. The Morgan fingerprint density at radius 2 is 1.85 bits per heavy atom. The topological polar surface area (TPSA) is 25.8 Å². The third kappa shape index (κ3) is 4.12. The van der Waals surface area contributed by atoms with Crippen molar-refractivity contribution >= 4 is 34.2 Å². The van der Waals surface area contributed by atoms with Gasteiger partial charge in [-0.2, -0.15) is 0 Å². The van der Waals surface area contributed by atoms with E-state index in [1.807, 2.05) is 0 Å². The van der Waals surface area contributed by atoms with E-state index in [-0.39, 0.29) is 5.82 Å². The summed E-state index contributed by atoms with van der Waals surface area (Å²) >= 11 is 8.36. The molecule has 1 heterocycles. The molecule has 0 aliphatic carbocycles. The summed E-state index contributed by atoms with van der Waals surface area (Å²) in [6.07, 6.45) is 1.43. The van der Waals surface area contributed by atoms with Crippen molar-refractivity contribution in [3.63, 3.8) is 0 Å². The maximum atomic E-state index is 12.9. The molecule has 2 nitrogen and oxygen atoms in total. The van der Waals surface area contributed by atoms with E-state index in [1.54, 1.807) is 12.1 Å². The van der Waals surface area contributed by atoms with E-state index >= 15 is 0 Å². The van der Waals surface area contributed by atoms with Crippen molar-refractivity contribution in [2.24, 2.45) is 5.92 Å². The van der Waals surface area contributed by atoms with Crippen LogP contribution in [0.1, 0.15) is 30.9 Å². The highest BCUT2D eigenvalue weighted by molar-refractivity contribution is 14.1. The van der Waals surface area contributed by atoms with Gasteiger partial charge in [0.1, 0.15) is 16.8 Å². The quantitative estimate of drug-likeness (QED) is 0.547. The average Bonchev–Trinajstić information content (AvgIpc) is 2.37. The third-order valence-corrected chi connectivity index (χ3v) is 4.53. The van der Waals surface area contributed by atoms with Gasteiger partial charge in [0.05, 0.1) is 9.26 Å². The summed E-state index contributed by atoms with van der Waals surface area (Å²) in [6, 6.07) is 6.37. The van der Waals surface area contributed by atoms with Crippen LogP contribution >= 0.6 is 34.2 Å². The van der Waals surface area contributed by atoms with Crippen LogP contribution in [0.3, 0.4) is 0 Å². The van der Waals surface area contributed by atoms with Gasteiger partial charge < -0.3 is 0 Å². The number of benzene rings is 1. The second-order valence-corrected chi connectivity index (χ2v) is 6.53. The molecule has 20 heavy (non-hydrogen) atoms. The van der Waals surface area contributed by atoms with Crippen LogP contribution in [0.15, 0.2) is 24.3 Å². The normalized spacial score (nSPS) is 11.1. The second kappa shape index (κ2) is 6.80. The molecule has 0 aliphatic heterocycles. The predicted octanol–water partition coefficient (Wildman–Crippen LogP) is 4.66. The summed E-state index contributed by atoms with van der Waals surface area (Å²) in [6.45, 7) is 4.29. The molecule has 2 aromatic rings. The standard InChI is InChI=1S/C15H15ClFIN2/c1-9(2)7-12-14(18)15(16)20-13(19-12)8-10-3-5-11(17)6-4-10/h3-6,9H,7-8H2,1-2H3. The largest absolute Gasteiger partial charge is 0.236 e. The maximum absolute atomic E-state index is 12.9. The molecule has 0 bridgehead atoms. The lowest BCUT2D eigenvalue weighted by molar-refractivity contribution is 0.625. The van der Waals surface area contributed by atoms with Crippen molar-refractivity contribution < 1.29 is 4.39 Å². The van der Waals surface area contributed by atoms with E-state index in [0.717, 1.165) is 21.2 Å². The molecule has 0 spiro atoms. The van der Waals surface area contributed by atoms with Gasteiger partial charge in [-0.3, -0.25) is 0 Å². The van der Waals surface area contributed by atoms with Crippen LogP contribution in [0.4, 0.5) is 4.39 Å². The van der Waals surface area contributed by atoms with E-state index in [9.17, 15) is 4.39 Å². The third-order valence-electron chi connectivity index (χ3n) is 2.80. The number of nitrogens with zero attached hydrogens (tertiary/aromatic N) is 2. The fourth-order valence-corrected chi connectivity index (χ4v) is 2.57. The van der Waals surface area contributed by atoms with Gasteiger partial charge in [-0.15, -0.1) is 0 Å². The van der Waals surface area contributed by atoms with Gasteiger partial charge in [-0.25, -0.2) is 14.4 Å². The van der Waals surface area contributed by atoms with Gasteiger partial charge in [0.25, 0.3) is 0 Å². The SMILES string of the molecule is CC(C)Cc1nc(Cc2ccc(F)cc2)nc(Cl)c1I. The predicted molar refractivity (Wildman–Crippen MR) is 87.5 cm³/mol. The highest BCUT2D eigenvalue weighted by atomic mass is 127. The monoisotopic (exact) mass is 404 g/mol. The van der Waals surface area contributed by atoms with Gasteiger partial charge in [0, 0.05) is 6.42 Å². The fourth-order valence-electron chi connectivity index (χ4n) is 1.90. The van der Waals surface area contributed by atoms with Crippen LogP contribution in [-0.4, -0.2) is 9.97 Å². The first-order valence-corrected chi connectivity index (χ1v) is 7.86. The van der Waals surface area contributed by atoms with Crippen LogP contribution in [0.2, 0.25) is 5.15 Å². The number of halogens is 3. The molecule has 0 saturated carbocycles. The van der Waals surface area contributed by atoms with Crippen LogP contribution in [0, 0.1) is 15.3 Å². The summed E-state index contributed by atoms with van der Waals surface area (Å²) in [5.41, 5.74) is 1.96. The van der Waals surface area contributed by atoms with Crippen LogP contribution in [0.5, 0.6) is 0 Å². The molecule has 0 atom stereocenters. The molecular weight excluding hydrogens is 390 g/mol. The number of aromatic nitrogens is 2. The Labute approximate surface area is 136 Å². The van der Waals surface area contributed by atoms with Gasteiger partial charge >= 0.3 is 0 Å². The zero-order valence-corrected chi connectivity index (χ0v) is 14.2. The molecule has 0 N–H and O–H groups in total. The van der Waals surface area contributed by atoms with E-state index in [2.05, 4.69) is 46.4 Å². The molecule has 1 aromatic heterocycles. The first-order valence-electron chi connectivity index (χ1n) is 6.41. The molecule has 0 aliphatic rings. The summed E-state index contributed by atoms with van der Waals surface area (Å²) in [7, 11) is 0. The summed E-state index contributed by atoms with van der Waals surface area (Å²) < 4.78 is 13.8. The Morgan fingerprint density at radius 3 is 2.45 bits per heavy atom. The Kier molecular flexibility index (Phi) is 5.32. The van der Waals surface area contributed by atoms with Gasteiger partial charge in [-0.05, 0) is 52.6 Å². The molecule has 0 radical (unpaired) electrons. The lowest BCUT2D eigenvalue weighted by Crippen LogP contribution is -2.07. The van der Waals surface area contributed by atoms with Crippen molar-refractivity contribution in [3.05, 3.63) is 55.9 Å². The average molecular weight is 405 g/mol. The van der Waals surface area contributed by atoms with Crippen molar-refractivity contribution in [2.45, 2.75) is 26.7 Å². The van der Waals surface area contributed by atoms with E-state index < -0.39 is 0 Å². The van der Waals surface area contributed by atoms with Crippen LogP contribution in [0.25, 0.3) is 0 Å². The zero-order valence-electron chi connectivity index (χ0n) is 11.3. The lowest BCUT2D eigenvalue weighted by atomic mass is 10.1. The molecule has 5 heteroatoms. The van der Waals surface area contributed by atoms with E-state index in [4.69, 9.17) is 11.6 Å². The first-order chi connectivity index (χ1) is 9.45. The van der Waals surface area contributed by atoms with Crippen LogP contribution in [-0.2, 0) is 12.8 Å². The Hall–Kier alpha value is -0.750. The minimum Gasteiger partial charge on any atom is -0.236 e. The number of hydrogen-bond acceptors (Lipinski definition) is 2.